The summed E-state index contributed by atoms with van der Waals surface area (Å²) in [6.07, 6.45) is -2.59. The van der Waals surface area contributed by atoms with Crippen molar-refractivity contribution in [2.75, 3.05) is 24.4 Å². The van der Waals surface area contributed by atoms with Gasteiger partial charge < -0.3 is 4.90 Å². The van der Waals surface area contributed by atoms with E-state index in [0.29, 0.717) is 24.2 Å². The van der Waals surface area contributed by atoms with E-state index >= 15 is 0 Å². The Morgan fingerprint density at radius 2 is 1.59 bits per heavy atom. The molecule has 0 atom stereocenters. The molecule has 0 radical (unpaired) electrons. The maximum absolute atomic E-state index is 12.8. The van der Waals surface area contributed by atoms with Crippen LogP contribution in [0.25, 0.3) is 0 Å². The van der Waals surface area contributed by atoms with Gasteiger partial charge >= 0.3 is 12.1 Å². The number of hydrogen-bond donors (Lipinski definition) is 0. The van der Waals surface area contributed by atoms with Gasteiger partial charge in [0, 0.05) is 32.2 Å². The fraction of sp³-hybridized carbons (Fsp3) is 0.348. The standard InChI is InChI=1S/C23H22F3N3O4S/c1-34(32,33)19-6-4-18(5-7-19)29-21(30)9-8-20(27-29)17-3-2-15-10-12-28(13-11-16(15)14-17)22(31)23(24,25)26/h2-7,14H,8-13H2,1H3. The Morgan fingerprint density at radius 1 is 0.941 bits per heavy atom. The Morgan fingerprint density at radius 3 is 2.21 bits per heavy atom. The molecule has 0 fully saturated rings. The zero-order valence-corrected chi connectivity index (χ0v) is 19.1. The van der Waals surface area contributed by atoms with Crippen LogP contribution in [0.15, 0.2) is 52.5 Å². The van der Waals surface area contributed by atoms with E-state index in [1.165, 1.54) is 29.3 Å². The van der Waals surface area contributed by atoms with E-state index in [1.54, 1.807) is 0 Å². The number of nitrogens with zero attached hydrogens (tertiary/aromatic N) is 3. The van der Waals surface area contributed by atoms with Gasteiger partial charge in [-0.1, -0.05) is 12.1 Å². The van der Waals surface area contributed by atoms with Crippen molar-refractivity contribution in [2.24, 2.45) is 5.10 Å². The van der Waals surface area contributed by atoms with Crippen LogP contribution in [-0.2, 0) is 32.3 Å². The zero-order valence-electron chi connectivity index (χ0n) is 18.3. The van der Waals surface area contributed by atoms with Crippen molar-refractivity contribution in [3.63, 3.8) is 0 Å². The number of benzene rings is 2. The molecule has 0 spiro atoms. The molecular weight excluding hydrogens is 471 g/mol. The minimum Gasteiger partial charge on any atom is -0.334 e. The van der Waals surface area contributed by atoms with Gasteiger partial charge in [-0.2, -0.15) is 18.3 Å². The van der Waals surface area contributed by atoms with Gasteiger partial charge in [0.1, 0.15) is 0 Å². The maximum atomic E-state index is 12.8. The average molecular weight is 494 g/mol. The molecule has 0 unspecified atom stereocenters. The second-order valence-corrected chi connectivity index (χ2v) is 10.3. The van der Waals surface area contributed by atoms with Gasteiger partial charge in [0.15, 0.2) is 9.84 Å². The summed E-state index contributed by atoms with van der Waals surface area (Å²) in [5.74, 6) is -2.06. The van der Waals surface area contributed by atoms with Gasteiger partial charge in [-0.3, -0.25) is 9.59 Å². The Kier molecular flexibility index (Phi) is 6.24. The number of halogens is 3. The van der Waals surface area contributed by atoms with Crippen molar-refractivity contribution in [3.8, 4) is 0 Å². The lowest BCUT2D eigenvalue weighted by atomic mass is 9.96. The molecule has 180 valence electrons. The number of amides is 2. The van der Waals surface area contributed by atoms with Crippen LogP contribution in [0.5, 0.6) is 0 Å². The third kappa shape index (κ3) is 4.98. The summed E-state index contributed by atoms with van der Waals surface area (Å²) in [6, 6.07) is 11.4. The quantitative estimate of drug-likeness (QED) is 0.658. The molecule has 2 aliphatic heterocycles. The van der Waals surface area contributed by atoms with Crippen molar-refractivity contribution < 1.29 is 31.2 Å². The van der Waals surface area contributed by atoms with E-state index in [9.17, 15) is 31.2 Å². The second-order valence-electron chi connectivity index (χ2n) is 8.29. The number of carbonyl (C=O) groups excluding carboxylic acids is 2. The molecule has 0 saturated carbocycles. The Hall–Kier alpha value is -3.21. The van der Waals surface area contributed by atoms with Crippen LogP contribution in [0.1, 0.15) is 29.5 Å². The van der Waals surface area contributed by atoms with E-state index in [0.717, 1.165) is 27.8 Å². The number of sulfone groups is 1. The Bertz CT molecular complexity index is 1270. The molecule has 34 heavy (non-hydrogen) atoms. The van der Waals surface area contributed by atoms with Gasteiger partial charge in [-0.05, 0) is 59.9 Å². The van der Waals surface area contributed by atoms with E-state index in [1.807, 2.05) is 18.2 Å². The van der Waals surface area contributed by atoms with E-state index in [-0.39, 0.29) is 36.7 Å². The highest BCUT2D eigenvalue weighted by Gasteiger charge is 2.42. The van der Waals surface area contributed by atoms with Crippen LogP contribution >= 0.6 is 0 Å². The summed E-state index contributed by atoms with van der Waals surface area (Å²) in [5.41, 5.74) is 3.55. The molecular formula is C23H22F3N3O4S. The highest BCUT2D eigenvalue weighted by molar-refractivity contribution is 7.90. The molecule has 0 N–H and O–H groups in total. The molecule has 11 heteroatoms. The van der Waals surface area contributed by atoms with E-state index < -0.39 is 21.9 Å². The summed E-state index contributed by atoms with van der Waals surface area (Å²) in [4.78, 5) is 25.1. The number of fused-ring (bicyclic) bond motifs is 1. The minimum absolute atomic E-state index is 0.00259. The van der Waals surface area contributed by atoms with Crippen LogP contribution in [0.2, 0.25) is 0 Å². The normalized spacial score (nSPS) is 17.2. The van der Waals surface area contributed by atoms with Crippen molar-refractivity contribution in [2.45, 2.75) is 36.8 Å². The monoisotopic (exact) mass is 493 g/mol. The van der Waals surface area contributed by atoms with E-state index in [2.05, 4.69) is 5.10 Å². The minimum atomic E-state index is -4.89. The molecule has 0 saturated heterocycles. The zero-order chi connectivity index (χ0) is 24.7. The molecule has 0 aromatic heterocycles. The van der Waals surface area contributed by atoms with Gasteiger partial charge in [0.2, 0.25) is 5.91 Å². The maximum Gasteiger partial charge on any atom is 0.471 e. The number of rotatable bonds is 3. The Labute approximate surface area is 194 Å². The van der Waals surface area contributed by atoms with Crippen LogP contribution in [0, 0.1) is 0 Å². The average Bonchev–Trinajstić information content (AvgIpc) is 3.00. The van der Waals surface area contributed by atoms with Crippen molar-refractivity contribution in [1.29, 1.82) is 0 Å². The largest absolute Gasteiger partial charge is 0.471 e. The molecule has 2 aliphatic rings. The van der Waals surface area contributed by atoms with Gasteiger partial charge in [0.25, 0.3) is 0 Å². The molecule has 2 aromatic carbocycles. The Balaban J connectivity index is 1.58. The first kappa shape index (κ1) is 23.9. The highest BCUT2D eigenvalue weighted by atomic mass is 32.2. The third-order valence-electron chi connectivity index (χ3n) is 5.91. The molecule has 7 nitrogen and oxygen atoms in total. The number of hydrogen-bond acceptors (Lipinski definition) is 5. The fourth-order valence-corrected chi connectivity index (χ4v) is 4.71. The molecule has 4 rings (SSSR count). The van der Waals surface area contributed by atoms with Crippen LogP contribution in [-0.4, -0.2) is 56.4 Å². The third-order valence-corrected chi connectivity index (χ3v) is 7.04. The lowest BCUT2D eigenvalue weighted by molar-refractivity contribution is -0.185. The smallest absolute Gasteiger partial charge is 0.334 e. The summed E-state index contributed by atoms with van der Waals surface area (Å²) < 4.78 is 61.8. The van der Waals surface area contributed by atoms with Crippen molar-refractivity contribution >= 4 is 33.1 Å². The molecule has 2 heterocycles. The van der Waals surface area contributed by atoms with Crippen LogP contribution in [0.3, 0.4) is 0 Å². The van der Waals surface area contributed by atoms with Gasteiger partial charge in [0.05, 0.1) is 16.3 Å². The lowest BCUT2D eigenvalue weighted by Crippen LogP contribution is -2.42. The van der Waals surface area contributed by atoms with Gasteiger partial charge in [-0.25, -0.2) is 13.4 Å². The predicted octanol–water partition coefficient (Wildman–Crippen LogP) is 3.11. The van der Waals surface area contributed by atoms with Gasteiger partial charge in [-0.15, -0.1) is 0 Å². The molecule has 0 aliphatic carbocycles. The van der Waals surface area contributed by atoms with Crippen LogP contribution < -0.4 is 5.01 Å². The number of alkyl halides is 3. The number of hydrazone groups is 1. The first-order valence-corrected chi connectivity index (χ1v) is 12.5. The summed E-state index contributed by atoms with van der Waals surface area (Å²) in [7, 11) is -3.37. The molecule has 2 amide bonds. The first-order chi connectivity index (χ1) is 15.9. The van der Waals surface area contributed by atoms with Crippen molar-refractivity contribution in [3.05, 3.63) is 59.2 Å². The topological polar surface area (TPSA) is 87.1 Å². The molecule has 0 bridgehead atoms. The SMILES string of the molecule is CS(=O)(=O)c1ccc(N2N=C(c3ccc4c(c3)CCN(C(=O)C(F)(F)F)CC4)CCC2=O)cc1. The summed E-state index contributed by atoms with van der Waals surface area (Å²) >= 11 is 0. The van der Waals surface area contributed by atoms with Crippen LogP contribution in [0.4, 0.5) is 18.9 Å². The summed E-state index contributed by atoms with van der Waals surface area (Å²) in [6.45, 7) is -0.0318. The number of carbonyl (C=O) groups is 2. The van der Waals surface area contributed by atoms with E-state index in [4.69, 9.17) is 0 Å². The number of anilines is 1. The predicted molar refractivity (Wildman–Crippen MR) is 119 cm³/mol. The summed E-state index contributed by atoms with van der Waals surface area (Å²) in [5, 5.41) is 5.72. The highest BCUT2D eigenvalue weighted by Crippen LogP contribution is 2.27. The first-order valence-electron chi connectivity index (χ1n) is 10.6. The lowest BCUT2D eigenvalue weighted by Gasteiger charge is -2.24. The van der Waals surface area contributed by atoms with Crippen molar-refractivity contribution in [1.82, 2.24) is 4.90 Å². The fourth-order valence-electron chi connectivity index (χ4n) is 4.08. The molecule has 2 aromatic rings. The second kappa shape index (κ2) is 8.86.